The third kappa shape index (κ3) is 3.01. The third-order valence-electron chi connectivity index (χ3n) is 2.97. The van der Waals surface area contributed by atoms with Crippen LogP contribution in [0.1, 0.15) is 13.8 Å². The van der Waals surface area contributed by atoms with E-state index >= 15 is 0 Å². The van der Waals surface area contributed by atoms with Crippen LogP contribution in [0, 0.1) is 5.92 Å². The van der Waals surface area contributed by atoms with E-state index in [1.54, 1.807) is 0 Å². The van der Waals surface area contributed by atoms with Crippen LogP contribution < -0.4 is 5.32 Å². The van der Waals surface area contributed by atoms with Crippen molar-refractivity contribution in [1.82, 2.24) is 9.88 Å². The summed E-state index contributed by atoms with van der Waals surface area (Å²) in [5.74, 6) is 0.516. The molecule has 1 N–H and O–H groups in total. The number of benzene rings is 1. The average Bonchev–Trinajstić information content (AvgIpc) is 2.69. The predicted octanol–water partition coefficient (Wildman–Crippen LogP) is 2.83. The molecule has 0 radical (unpaired) electrons. The fourth-order valence-corrected chi connectivity index (χ4v) is 1.91. The molecule has 1 aromatic carbocycles. The summed E-state index contributed by atoms with van der Waals surface area (Å²) in [5.41, 5.74) is 1.72. The minimum Gasteiger partial charge on any atom is -0.424 e. The Morgan fingerprint density at radius 1 is 1.28 bits per heavy atom. The molecule has 0 aliphatic rings. The highest BCUT2D eigenvalue weighted by Crippen LogP contribution is 2.20. The first kappa shape index (κ1) is 12.9. The molecule has 1 aromatic heterocycles. The zero-order valence-electron chi connectivity index (χ0n) is 11.5. The van der Waals surface area contributed by atoms with Crippen LogP contribution in [0.4, 0.5) is 6.01 Å². The summed E-state index contributed by atoms with van der Waals surface area (Å²) in [4.78, 5) is 6.61. The summed E-state index contributed by atoms with van der Waals surface area (Å²) in [6.45, 7) is 5.35. The summed E-state index contributed by atoms with van der Waals surface area (Å²) in [6.07, 6.45) is 0. The lowest BCUT2D eigenvalue weighted by atomic mass is 10.0. The van der Waals surface area contributed by atoms with Crippen molar-refractivity contribution in [2.24, 2.45) is 5.92 Å². The van der Waals surface area contributed by atoms with Gasteiger partial charge in [0.05, 0.1) is 0 Å². The number of para-hydroxylation sites is 2. The molecule has 1 unspecified atom stereocenters. The van der Waals surface area contributed by atoms with E-state index in [2.05, 4.69) is 43.1 Å². The van der Waals surface area contributed by atoms with E-state index in [0.29, 0.717) is 18.0 Å². The molecule has 0 amide bonds. The van der Waals surface area contributed by atoms with Crippen LogP contribution >= 0.6 is 0 Å². The highest BCUT2D eigenvalue weighted by molar-refractivity contribution is 5.74. The van der Waals surface area contributed by atoms with Crippen LogP contribution in [0.3, 0.4) is 0 Å². The summed E-state index contributed by atoms with van der Waals surface area (Å²) >= 11 is 0. The molecule has 4 nitrogen and oxygen atoms in total. The van der Waals surface area contributed by atoms with Gasteiger partial charge in [0.2, 0.25) is 0 Å². The second-order valence-corrected chi connectivity index (χ2v) is 5.24. The Bertz CT molecular complexity index is 471. The number of anilines is 1. The molecular weight excluding hydrogens is 226 g/mol. The van der Waals surface area contributed by atoms with E-state index in [1.807, 2.05) is 24.3 Å². The van der Waals surface area contributed by atoms with E-state index in [9.17, 15) is 0 Å². The number of nitrogens with zero attached hydrogens (tertiary/aromatic N) is 2. The first-order chi connectivity index (χ1) is 8.56. The summed E-state index contributed by atoms with van der Waals surface area (Å²) < 4.78 is 5.69. The number of fused-ring (bicyclic) bond motifs is 1. The number of aromatic nitrogens is 1. The molecule has 2 rings (SSSR count). The molecule has 0 aliphatic carbocycles. The van der Waals surface area contributed by atoms with Crippen molar-refractivity contribution < 1.29 is 4.42 Å². The van der Waals surface area contributed by atoms with Crippen molar-refractivity contribution in [3.63, 3.8) is 0 Å². The number of rotatable bonds is 5. The molecule has 0 spiro atoms. The van der Waals surface area contributed by atoms with Gasteiger partial charge in [0.15, 0.2) is 5.58 Å². The first-order valence-corrected chi connectivity index (χ1v) is 6.33. The summed E-state index contributed by atoms with van der Waals surface area (Å²) in [6, 6.07) is 8.75. The van der Waals surface area contributed by atoms with Gasteiger partial charge in [-0.2, -0.15) is 4.98 Å². The number of likely N-dealkylation sites (N-methyl/N-ethyl adjacent to an activating group) is 1. The van der Waals surface area contributed by atoms with Crippen molar-refractivity contribution in [1.29, 1.82) is 0 Å². The predicted molar refractivity (Wildman–Crippen MR) is 74.8 cm³/mol. The van der Waals surface area contributed by atoms with Gasteiger partial charge in [-0.15, -0.1) is 0 Å². The Kier molecular flexibility index (Phi) is 3.87. The first-order valence-electron chi connectivity index (χ1n) is 6.33. The Labute approximate surface area is 108 Å². The fourth-order valence-electron chi connectivity index (χ4n) is 1.91. The molecule has 18 heavy (non-hydrogen) atoms. The minimum atomic E-state index is 0.327. The molecular formula is C14H21N3O. The summed E-state index contributed by atoms with van der Waals surface area (Å²) in [5, 5.41) is 3.38. The lowest BCUT2D eigenvalue weighted by Gasteiger charge is -2.24. The van der Waals surface area contributed by atoms with Gasteiger partial charge in [-0.05, 0) is 32.1 Å². The quantitative estimate of drug-likeness (QED) is 0.882. The van der Waals surface area contributed by atoms with Gasteiger partial charge in [0.1, 0.15) is 5.52 Å². The van der Waals surface area contributed by atoms with Crippen molar-refractivity contribution in [3.8, 4) is 0 Å². The molecule has 0 saturated heterocycles. The van der Waals surface area contributed by atoms with Crippen LogP contribution in [-0.2, 0) is 0 Å². The number of hydrogen-bond acceptors (Lipinski definition) is 4. The Morgan fingerprint density at radius 3 is 2.61 bits per heavy atom. The van der Waals surface area contributed by atoms with Gasteiger partial charge < -0.3 is 14.6 Å². The zero-order chi connectivity index (χ0) is 13.1. The van der Waals surface area contributed by atoms with Gasteiger partial charge in [0.25, 0.3) is 6.01 Å². The topological polar surface area (TPSA) is 41.3 Å². The van der Waals surface area contributed by atoms with E-state index in [0.717, 1.165) is 17.6 Å². The molecule has 2 aromatic rings. The van der Waals surface area contributed by atoms with Crippen LogP contribution in [0.25, 0.3) is 11.1 Å². The highest BCUT2D eigenvalue weighted by atomic mass is 16.4. The van der Waals surface area contributed by atoms with Gasteiger partial charge in [-0.25, -0.2) is 0 Å². The lowest BCUT2D eigenvalue weighted by Crippen LogP contribution is -2.36. The fraction of sp³-hybridized carbons (Fsp3) is 0.500. The van der Waals surface area contributed by atoms with E-state index in [4.69, 9.17) is 4.42 Å². The molecule has 98 valence electrons. The van der Waals surface area contributed by atoms with Gasteiger partial charge >= 0.3 is 0 Å². The van der Waals surface area contributed by atoms with Gasteiger partial charge in [-0.1, -0.05) is 26.0 Å². The summed E-state index contributed by atoms with van der Waals surface area (Å²) in [7, 11) is 4.15. The minimum absolute atomic E-state index is 0.327. The zero-order valence-corrected chi connectivity index (χ0v) is 11.5. The van der Waals surface area contributed by atoms with Crippen LogP contribution in [0.2, 0.25) is 0 Å². The smallest absolute Gasteiger partial charge is 0.295 e. The second-order valence-electron chi connectivity index (χ2n) is 5.24. The monoisotopic (exact) mass is 247 g/mol. The van der Waals surface area contributed by atoms with Crippen molar-refractivity contribution in [3.05, 3.63) is 24.3 Å². The van der Waals surface area contributed by atoms with Crippen LogP contribution in [0.5, 0.6) is 0 Å². The van der Waals surface area contributed by atoms with Crippen molar-refractivity contribution in [2.45, 2.75) is 19.9 Å². The molecule has 0 fully saturated rings. The average molecular weight is 247 g/mol. The maximum absolute atomic E-state index is 5.69. The van der Waals surface area contributed by atoms with Crippen LogP contribution in [-0.4, -0.2) is 36.6 Å². The molecule has 0 aliphatic heterocycles. The standard InChI is InChI=1S/C14H21N3O/c1-10(2)12(9-17(3)4)16-14-15-11-7-5-6-8-13(11)18-14/h5-8,10,12H,9H2,1-4H3,(H,15,16). The van der Waals surface area contributed by atoms with Gasteiger partial charge in [0, 0.05) is 12.6 Å². The largest absolute Gasteiger partial charge is 0.424 e. The normalized spacial score (nSPS) is 13.4. The third-order valence-corrected chi connectivity index (χ3v) is 2.97. The molecule has 4 heteroatoms. The van der Waals surface area contributed by atoms with Crippen molar-refractivity contribution >= 4 is 17.1 Å². The van der Waals surface area contributed by atoms with Crippen molar-refractivity contribution in [2.75, 3.05) is 26.0 Å². The molecule has 0 bridgehead atoms. The number of nitrogens with one attached hydrogen (secondary N) is 1. The Hall–Kier alpha value is -1.55. The van der Waals surface area contributed by atoms with E-state index in [-0.39, 0.29) is 0 Å². The lowest BCUT2D eigenvalue weighted by molar-refractivity contribution is 0.340. The van der Waals surface area contributed by atoms with Gasteiger partial charge in [-0.3, -0.25) is 0 Å². The van der Waals surface area contributed by atoms with Crippen LogP contribution in [0.15, 0.2) is 28.7 Å². The number of oxazole rings is 1. The Balaban J connectivity index is 2.15. The number of hydrogen-bond donors (Lipinski definition) is 1. The molecule has 0 saturated carbocycles. The molecule has 1 heterocycles. The maximum Gasteiger partial charge on any atom is 0.295 e. The SMILES string of the molecule is CC(C)C(CN(C)C)Nc1nc2ccccc2o1. The highest BCUT2D eigenvalue weighted by Gasteiger charge is 2.16. The Morgan fingerprint density at radius 2 is 2.00 bits per heavy atom. The van der Waals surface area contributed by atoms with E-state index < -0.39 is 0 Å². The van der Waals surface area contributed by atoms with E-state index in [1.165, 1.54) is 0 Å². The maximum atomic E-state index is 5.69. The second kappa shape index (κ2) is 5.40. The molecule has 1 atom stereocenters.